The van der Waals surface area contributed by atoms with Crippen molar-refractivity contribution in [3.63, 3.8) is 0 Å². The maximum Gasteiger partial charge on any atom is 0.306 e. The lowest BCUT2D eigenvalue weighted by Gasteiger charge is -2.29. The number of hydrogen-bond donors (Lipinski definition) is 2. The second-order valence-corrected chi connectivity index (χ2v) is 10.6. The van der Waals surface area contributed by atoms with Crippen molar-refractivity contribution in [3.8, 4) is 0 Å². The minimum atomic E-state index is -1.24. The molecule has 8 heteroatoms. The van der Waals surface area contributed by atoms with Crippen molar-refractivity contribution in [2.75, 3.05) is 27.7 Å². The number of allylic oxidation sites excluding steroid dienone is 6. The zero-order chi connectivity index (χ0) is 27.8. The van der Waals surface area contributed by atoms with E-state index in [2.05, 4.69) is 0 Å². The summed E-state index contributed by atoms with van der Waals surface area (Å²) >= 11 is 0. The lowest BCUT2D eigenvalue weighted by molar-refractivity contribution is -0.873. The van der Waals surface area contributed by atoms with E-state index in [-0.39, 0.29) is 36.9 Å². The predicted octanol–water partition coefficient (Wildman–Crippen LogP) is 2.26. The molecule has 208 valence electrons. The Morgan fingerprint density at radius 3 is 2.49 bits per heavy atom. The van der Waals surface area contributed by atoms with Gasteiger partial charge in [-0.15, -0.1) is 0 Å². The predicted molar refractivity (Wildman–Crippen MR) is 141 cm³/mol. The molecule has 0 amide bonds. The SMILES string of the molecule is CC/C=C/CC1C(O)CC(=O)C1/C=C/C(O)C/C=C/C/C=C/CCC(=O)OC(CC(=O)[O-])C[N+](C)(C)C. The maximum absolute atomic E-state index is 12.2. The fourth-order valence-electron chi connectivity index (χ4n) is 4.28. The van der Waals surface area contributed by atoms with Crippen molar-refractivity contribution in [2.24, 2.45) is 11.8 Å². The van der Waals surface area contributed by atoms with E-state index < -0.39 is 30.3 Å². The van der Waals surface area contributed by atoms with Crippen molar-refractivity contribution in [1.82, 2.24) is 0 Å². The van der Waals surface area contributed by atoms with E-state index in [4.69, 9.17) is 4.74 Å². The van der Waals surface area contributed by atoms with E-state index in [1.165, 1.54) is 0 Å². The first-order valence-corrected chi connectivity index (χ1v) is 13.1. The monoisotopic (exact) mass is 519 g/mol. The number of likely N-dealkylation sites (N-methyl/N-ethyl adjacent to an activating group) is 1. The summed E-state index contributed by atoms with van der Waals surface area (Å²) in [5, 5.41) is 31.3. The molecule has 0 bridgehead atoms. The second kappa shape index (κ2) is 17.1. The number of carboxylic acids is 1. The van der Waals surface area contributed by atoms with Gasteiger partial charge in [-0.1, -0.05) is 55.5 Å². The van der Waals surface area contributed by atoms with Crippen LogP contribution in [0.4, 0.5) is 0 Å². The van der Waals surface area contributed by atoms with Gasteiger partial charge in [0.05, 0.1) is 33.4 Å². The fraction of sp³-hybridized carbons (Fsp3) is 0.621. The molecule has 2 N–H and O–H groups in total. The Balaban J connectivity index is 2.36. The van der Waals surface area contributed by atoms with E-state index in [0.717, 1.165) is 6.42 Å². The number of nitrogens with zero attached hydrogens (tertiary/aromatic N) is 1. The van der Waals surface area contributed by atoms with Gasteiger partial charge < -0.3 is 29.3 Å². The first-order chi connectivity index (χ1) is 17.4. The average Bonchev–Trinajstić information content (AvgIpc) is 3.04. The number of ether oxygens (including phenoxy) is 1. The van der Waals surface area contributed by atoms with Gasteiger partial charge >= 0.3 is 5.97 Å². The highest BCUT2D eigenvalue weighted by molar-refractivity contribution is 5.86. The normalized spacial score (nSPS) is 22.5. The van der Waals surface area contributed by atoms with Gasteiger partial charge in [0.1, 0.15) is 12.3 Å². The Labute approximate surface area is 221 Å². The molecule has 0 aromatic rings. The number of carbonyl (C=O) groups excluding carboxylic acids is 3. The molecule has 1 aliphatic rings. The Bertz CT molecular complexity index is 838. The number of esters is 1. The third-order valence-electron chi connectivity index (χ3n) is 6.03. The van der Waals surface area contributed by atoms with Crippen molar-refractivity contribution in [1.29, 1.82) is 0 Å². The maximum atomic E-state index is 12.2. The van der Waals surface area contributed by atoms with Crippen LogP contribution in [0, 0.1) is 11.8 Å². The molecule has 0 aromatic heterocycles. The van der Waals surface area contributed by atoms with E-state index in [1.807, 2.05) is 64.5 Å². The van der Waals surface area contributed by atoms with E-state index in [0.29, 0.717) is 36.7 Å². The summed E-state index contributed by atoms with van der Waals surface area (Å²) in [5.41, 5.74) is 0. The third kappa shape index (κ3) is 14.7. The smallest absolute Gasteiger partial charge is 0.306 e. The van der Waals surface area contributed by atoms with Crippen LogP contribution in [0.5, 0.6) is 0 Å². The Morgan fingerprint density at radius 2 is 1.84 bits per heavy atom. The molecule has 5 atom stereocenters. The molecule has 1 saturated carbocycles. The van der Waals surface area contributed by atoms with Crippen LogP contribution < -0.4 is 5.11 Å². The Morgan fingerprint density at radius 1 is 1.14 bits per heavy atom. The number of aliphatic carboxylic acids is 1. The highest BCUT2D eigenvalue weighted by Crippen LogP contribution is 2.33. The summed E-state index contributed by atoms with van der Waals surface area (Å²) < 4.78 is 5.79. The number of Topliss-reactive ketones (excluding diaryl/α,β-unsaturated/α-hetero) is 1. The van der Waals surface area contributed by atoms with Crippen LogP contribution in [0.3, 0.4) is 0 Å². The lowest BCUT2D eigenvalue weighted by Crippen LogP contribution is -2.45. The number of rotatable bonds is 17. The van der Waals surface area contributed by atoms with Gasteiger partial charge in [0.25, 0.3) is 0 Å². The lowest BCUT2D eigenvalue weighted by atomic mass is 9.90. The van der Waals surface area contributed by atoms with Gasteiger partial charge in [-0.2, -0.15) is 0 Å². The molecule has 8 nitrogen and oxygen atoms in total. The average molecular weight is 520 g/mol. The van der Waals surface area contributed by atoms with Gasteiger partial charge in [0, 0.05) is 37.1 Å². The molecule has 0 aliphatic heterocycles. The van der Waals surface area contributed by atoms with Gasteiger partial charge in [-0.3, -0.25) is 9.59 Å². The summed E-state index contributed by atoms with van der Waals surface area (Å²) in [6.07, 6.45) is 16.0. The van der Waals surface area contributed by atoms with E-state index in [1.54, 1.807) is 12.2 Å². The number of carboxylic acid groups (broad SMARTS) is 1. The van der Waals surface area contributed by atoms with Gasteiger partial charge in [-0.05, 0) is 32.1 Å². The molecule has 0 radical (unpaired) electrons. The highest BCUT2D eigenvalue weighted by Gasteiger charge is 2.39. The van der Waals surface area contributed by atoms with Crippen molar-refractivity contribution >= 4 is 17.7 Å². The number of quaternary nitrogens is 1. The molecule has 0 saturated heterocycles. The topological polar surface area (TPSA) is 124 Å². The number of hydrogen-bond acceptors (Lipinski definition) is 7. The van der Waals surface area contributed by atoms with Crippen LogP contribution in [0.1, 0.15) is 58.3 Å². The summed E-state index contributed by atoms with van der Waals surface area (Å²) in [6.45, 7) is 2.42. The van der Waals surface area contributed by atoms with E-state index in [9.17, 15) is 29.7 Å². The highest BCUT2D eigenvalue weighted by atomic mass is 16.5. The largest absolute Gasteiger partial charge is 0.550 e. The van der Waals surface area contributed by atoms with Gasteiger partial charge in [0.15, 0.2) is 6.10 Å². The number of ketones is 1. The molecule has 1 fully saturated rings. The van der Waals surface area contributed by atoms with Crippen LogP contribution in [-0.4, -0.2) is 78.4 Å². The molecule has 0 spiro atoms. The third-order valence-corrected chi connectivity index (χ3v) is 6.03. The summed E-state index contributed by atoms with van der Waals surface area (Å²) in [6, 6.07) is 0. The molecule has 0 aromatic carbocycles. The Kier molecular flexibility index (Phi) is 15.0. The fourth-order valence-corrected chi connectivity index (χ4v) is 4.28. The molecular formula is C29H45NO7. The first-order valence-electron chi connectivity index (χ1n) is 13.1. The van der Waals surface area contributed by atoms with Crippen LogP contribution >= 0.6 is 0 Å². The summed E-state index contributed by atoms with van der Waals surface area (Å²) in [5.74, 6) is -2.18. The van der Waals surface area contributed by atoms with Crippen LogP contribution in [0.25, 0.3) is 0 Å². The minimum absolute atomic E-state index is 0.0122. The molecule has 0 heterocycles. The van der Waals surface area contributed by atoms with E-state index >= 15 is 0 Å². The minimum Gasteiger partial charge on any atom is -0.550 e. The van der Waals surface area contributed by atoms with Crippen molar-refractivity contribution in [3.05, 3.63) is 48.6 Å². The molecule has 1 aliphatic carbocycles. The van der Waals surface area contributed by atoms with Gasteiger partial charge in [-0.25, -0.2) is 0 Å². The Hall–Kier alpha value is -2.55. The number of carbonyl (C=O) groups is 3. The van der Waals surface area contributed by atoms with Crippen molar-refractivity contribution < 1.29 is 38.9 Å². The van der Waals surface area contributed by atoms with Crippen molar-refractivity contribution in [2.45, 2.75) is 76.6 Å². The van der Waals surface area contributed by atoms with Crippen LogP contribution in [-0.2, 0) is 19.1 Å². The first kappa shape index (κ1) is 32.5. The molecule has 5 unspecified atom stereocenters. The van der Waals surface area contributed by atoms with Crippen LogP contribution in [0.2, 0.25) is 0 Å². The molecule has 37 heavy (non-hydrogen) atoms. The zero-order valence-corrected chi connectivity index (χ0v) is 22.8. The zero-order valence-electron chi connectivity index (χ0n) is 22.8. The summed E-state index contributed by atoms with van der Waals surface area (Å²) in [4.78, 5) is 35.2. The quantitative estimate of drug-likeness (QED) is 0.172. The van der Waals surface area contributed by atoms with Crippen LogP contribution in [0.15, 0.2) is 48.6 Å². The number of aliphatic hydroxyl groups excluding tert-OH is 2. The standard InChI is InChI=1S/C29H45NO7/c1-5-6-11-15-24-25(27(33)20-26(24)32)18-17-22(31)14-12-9-7-8-10-13-16-29(36)37-23(19-28(34)35)21-30(2,3)4/h6,8-12,17-18,22-26,31-32H,5,7,13-16,19-21H2,1-4H3/b10-8+,11-6+,12-9+,18-17+. The second-order valence-electron chi connectivity index (χ2n) is 10.6. The van der Waals surface area contributed by atoms with Gasteiger partial charge in [0.2, 0.25) is 0 Å². The summed E-state index contributed by atoms with van der Waals surface area (Å²) in [7, 11) is 5.69. The molecule has 1 rings (SSSR count). The molecular weight excluding hydrogens is 474 g/mol. The number of aliphatic hydroxyl groups is 2.